The summed E-state index contributed by atoms with van der Waals surface area (Å²) < 4.78 is 13.6. The molecule has 0 saturated carbocycles. The van der Waals surface area contributed by atoms with Gasteiger partial charge in [0, 0.05) is 38.3 Å². The van der Waals surface area contributed by atoms with E-state index in [-0.39, 0.29) is 36.8 Å². The summed E-state index contributed by atoms with van der Waals surface area (Å²) in [6.07, 6.45) is 0.518. The Morgan fingerprint density at radius 3 is 2.84 bits per heavy atom. The van der Waals surface area contributed by atoms with Crippen LogP contribution in [0.4, 0.5) is 10.2 Å². The first-order chi connectivity index (χ1) is 18.5. The zero-order valence-corrected chi connectivity index (χ0v) is 20.9. The first-order valence-electron chi connectivity index (χ1n) is 12.5. The molecule has 0 unspecified atom stereocenters. The maximum Gasteiger partial charge on any atom is 0.255 e. The highest BCUT2D eigenvalue weighted by molar-refractivity contribution is 5.99. The number of hydrogen-bond acceptors (Lipinski definition) is 7. The van der Waals surface area contributed by atoms with Crippen molar-refractivity contribution in [1.82, 2.24) is 20.5 Å². The maximum absolute atomic E-state index is 13.6. The molecule has 1 fully saturated rings. The number of halogens is 1. The number of nitrogens with one attached hydrogen (secondary N) is 3. The number of aromatic nitrogens is 1. The van der Waals surface area contributed by atoms with E-state index in [4.69, 9.17) is 5.73 Å². The van der Waals surface area contributed by atoms with Crippen LogP contribution in [0.5, 0.6) is 0 Å². The van der Waals surface area contributed by atoms with Gasteiger partial charge in [-0.05, 0) is 42.3 Å². The molecule has 2 aromatic carbocycles. The summed E-state index contributed by atoms with van der Waals surface area (Å²) in [5, 5.41) is 18.5. The van der Waals surface area contributed by atoms with E-state index in [9.17, 15) is 19.2 Å². The SMILES string of the molecule is N#Cc1ccccc1-c1ccc(C(=O)NC[C@@H]2CN(CCN)CC(=O)N2)c(NCCc2cccc(F)c2)n1. The third-order valence-corrected chi connectivity index (χ3v) is 6.22. The molecule has 2 heterocycles. The van der Waals surface area contributed by atoms with E-state index in [1.54, 1.807) is 36.4 Å². The van der Waals surface area contributed by atoms with E-state index >= 15 is 0 Å². The Hall–Kier alpha value is -4.33. The standard InChI is InChI=1S/C28H30FN7O2/c29-21-6-3-4-19(14-21)10-12-32-27-24(8-9-25(35-27)23-7-2-1-5-20(23)15-31)28(38)33-16-22-17-36(13-11-30)18-26(37)34-22/h1-9,14,22H,10-13,16-18,30H2,(H,32,35)(H,33,38)(H,34,37)/t22-/m1/s1. The number of rotatable bonds is 10. The minimum Gasteiger partial charge on any atom is -0.369 e. The second kappa shape index (κ2) is 12.8. The molecule has 0 spiro atoms. The number of nitriles is 1. The molecular weight excluding hydrogens is 485 g/mol. The van der Waals surface area contributed by atoms with Crippen molar-refractivity contribution in [1.29, 1.82) is 5.26 Å². The number of carbonyl (C=O) groups is 2. The number of hydrogen-bond donors (Lipinski definition) is 4. The van der Waals surface area contributed by atoms with Gasteiger partial charge in [-0.15, -0.1) is 0 Å². The summed E-state index contributed by atoms with van der Waals surface area (Å²) in [4.78, 5) is 31.9. The molecule has 0 aliphatic carbocycles. The van der Waals surface area contributed by atoms with Gasteiger partial charge in [-0.3, -0.25) is 14.5 Å². The van der Waals surface area contributed by atoms with Crippen molar-refractivity contribution in [2.75, 3.05) is 44.6 Å². The van der Waals surface area contributed by atoms with Gasteiger partial charge >= 0.3 is 0 Å². The fourth-order valence-electron chi connectivity index (χ4n) is 4.43. The molecule has 38 heavy (non-hydrogen) atoms. The van der Waals surface area contributed by atoms with Crippen LogP contribution in [0.25, 0.3) is 11.3 Å². The van der Waals surface area contributed by atoms with Crippen LogP contribution < -0.4 is 21.7 Å². The fraction of sp³-hybridized carbons (Fsp3) is 0.286. The second-order valence-corrected chi connectivity index (χ2v) is 9.05. The van der Waals surface area contributed by atoms with Gasteiger partial charge in [0.1, 0.15) is 11.6 Å². The fourth-order valence-corrected chi connectivity index (χ4v) is 4.43. The lowest BCUT2D eigenvalue weighted by molar-refractivity contribution is -0.125. The predicted octanol–water partition coefficient (Wildman–Crippen LogP) is 1.90. The second-order valence-electron chi connectivity index (χ2n) is 9.05. The predicted molar refractivity (Wildman–Crippen MR) is 143 cm³/mol. The number of pyridine rings is 1. The molecule has 4 rings (SSSR count). The van der Waals surface area contributed by atoms with Crippen LogP contribution in [0.3, 0.4) is 0 Å². The van der Waals surface area contributed by atoms with E-state index in [1.807, 2.05) is 17.0 Å². The number of nitrogens with two attached hydrogens (primary N) is 1. The summed E-state index contributed by atoms with van der Waals surface area (Å²) in [6.45, 7) is 2.58. The van der Waals surface area contributed by atoms with Crippen LogP contribution in [-0.4, -0.2) is 67.0 Å². The normalized spacial score (nSPS) is 15.4. The van der Waals surface area contributed by atoms with E-state index in [1.165, 1.54) is 12.1 Å². The molecule has 9 nitrogen and oxygen atoms in total. The summed E-state index contributed by atoms with van der Waals surface area (Å²) in [7, 11) is 0. The molecule has 2 amide bonds. The van der Waals surface area contributed by atoms with Crippen LogP contribution in [0.1, 0.15) is 21.5 Å². The van der Waals surface area contributed by atoms with Crippen molar-refractivity contribution >= 4 is 17.6 Å². The number of amides is 2. The van der Waals surface area contributed by atoms with Gasteiger partial charge in [-0.1, -0.05) is 30.3 Å². The number of nitrogens with zero attached hydrogens (tertiary/aromatic N) is 3. The highest BCUT2D eigenvalue weighted by Crippen LogP contribution is 2.25. The lowest BCUT2D eigenvalue weighted by atomic mass is 10.0. The molecule has 0 radical (unpaired) electrons. The summed E-state index contributed by atoms with van der Waals surface area (Å²) in [5.74, 6) is -0.417. The van der Waals surface area contributed by atoms with Crippen LogP contribution in [0, 0.1) is 17.1 Å². The van der Waals surface area contributed by atoms with Gasteiger partial charge in [0.25, 0.3) is 5.91 Å². The minimum atomic E-state index is -0.351. The smallest absolute Gasteiger partial charge is 0.255 e. The zero-order chi connectivity index (χ0) is 26.9. The summed E-state index contributed by atoms with van der Waals surface area (Å²) in [5.41, 5.74) is 8.43. The zero-order valence-electron chi connectivity index (χ0n) is 20.9. The lowest BCUT2D eigenvalue weighted by Crippen LogP contribution is -2.58. The molecule has 1 saturated heterocycles. The Labute approximate surface area is 220 Å². The van der Waals surface area contributed by atoms with Gasteiger partial charge in [0.15, 0.2) is 0 Å². The largest absolute Gasteiger partial charge is 0.369 e. The molecule has 0 bridgehead atoms. The molecule has 5 N–H and O–H groups in total. The first-order valence-corrected chi connectivity index (χ1v) is 12.5. The van der Waals surface area contributed by atoms with Crippen molar-refractivity contribution in [3.05, 3.63) is 83.2 Å². The van der Waals surface area contributed by atoms with E-state index < -0.39 is 0 Å². The highest BCUT2D eigenvalue weighted by Gasteiger charge is 2.25. The van der Waals surface area contributed by atoms with Gasteiger partial charge in [-0.25, -0.2) is 9.37 Å². The Morgan fingerprint density at radius 1 is 1.21 bits per heavy atom. The minimum absolute atomic E-state index is 0.106. The van der Waals surface area contributed by atoms with Gasteiger partial charge in [-0.2, -0.15) is 5.26 Å². The maximum atomic E-state index is 13.6. The van der Waals surface area contributed by atoms with E-state index in [2.05, 4.69) is 27.0 Å². The monoisotopic (exact) mass is 515 g/mol. The number of benzene rings is 2. The molecular formula is C28H30FN7O2. The van der Waals surface area contributed by atoms with Crippen molar-refractivity contribution in [2.24, 2.45) is 5.73 Å². The lowest BCUT2D eigenvalue weighted by Gasteiger charge is -2.32. The van der Waals surface area contributed by atoms with Crippen molar-refractivity contribution in [3.63, 3.8) is 0 Å². The van der Waals surface area contributed by atoms with Crippen molar-refractivity contribution in [3.8, 4) is 17.3 Å². The Morgan fingerprint density at radius 2 is 2.05 bits per heavy atom. The van der Waals surface area contributed by atoms with Gasteiger partial charge < -0.3 is 21.7 Å². The Balaban J connectivity index is 1.52. The van der Waals surface area contributed by atoms with Gasteiger partial charge in [0.05, 0.1) is 35.5 Å². The molecule has 3 aromatic rings. The summed E-state index contributed by atoms with van der Waals surface area (Å²) >= 11 is 0. The first kappa shape index (κ1) is 26.7. The van der Waals surface area contributed by atoms with Crippen molar-refractivity contribution < 1.29 is 14.0 Å². The van der Waals surface area contributed by atoms with E-state index in [0.717, 1.165) is 5.56 Å². The molecule has 1 atom stereocenters. The van der Waals surface area contributed by atoms with Crippen LogP contribution in [0.15, 0.2) is 60.7 Å². The number of piperazine rings is 1. The molecule has 1 aromatic heterocycles. The number of anilines is 1. The van der Waals surface area contributed by atoms with Crippen LogP contribution in [-0.2, 0) is 11.2 Å². The Kier molecular flexibility index (Phi) is 8.98. The number of carbonyl (C=O) groups excluding carboxylic acids is 2. The topological polar surface area (TPSA) is 136 Å². The Bertz CT molecular complexity index is 1340. The molecule has 10 heteroatoms. The molecule has 1 aliphatic heterocycles. The quantitative estimate of drug-likeness (QED) is 0.324. The van der Waals surface area contributed by atoms with Gasteiger partial charge in [0.2, 0.25) is 5.91 Å². The molecule has 1 aliphatic rings. The summed E-state index contributed by atoms with van der Waals surface area (Å²) in [6, 6.07) is 18.7. The average molecular weight is 516 g/mol. The third kappa shape index (κ3) is 6.91. The van der Waals surface area contributed by atoms with Crippen molar-refractivity contribution in [2.45, 2.75) is 12.5 Å². The average Bonchev–Trinajstić information content (AvgIpc) is 2.91. The highest BCUT2D eigenvalue weighted by atomic mass is 19.1. The van der Waals surface area contributed by atoms with E-state index in [0.29, 0.717) is 60.8 Å². The molecule has 196 valence electrons. The third-order valence-electron chi connectivity index (χ3n) is 6.22. The van der Waals surface area contributed by atoms with Crippen LogP contribution in [0.2, 0.25) is 0 Å². The van der Waals surface area contributed by atoms with Crippen LogP contribution >= 0.6 is 0 Å².